The average Bonchev–Trinajstić information content (AvgIpc) is 2.56. The molecule has 0 spiro atoms. The zero-order valence-corrected chi connectivity index (χ0v) is 15.9. The van der Waals surface area contributed by atoms with Crippen LogP contribution in [0.25, 0.3) is 0 Å². The number of hydrogen-bond acceptors (Lipinski definition) is 3. The Morgan fingerprint density at radius 1 is 0.913 bits per heavy atom. The van der Waals surface area contributed by atoms with E-state index in [1.165, 1.54) is 57.4 Å². The van der Waals surface area contributed by atoms with Gasteiger partial charge in [-0.2, -0.15) is 0 Å². The summed E-state index contributed by atoms with van der Waals surface area (Å²) in [5, 5.41) is 11.6. The molecule has 0 saturated carbocycles. The second-order valence-corrected chi connectivity index (χ2v) is 9.19. The summed E-state index contributed by atoms with van der Waals surface area (Å²) in [7, 11) is 0. The van der Waals surface area contributed by atoms with Crippen molar-refractivity contribution in [3.05, 3.63) is 34.4 Å². The van der Waals surface area contributed by atoms with Crippen LogP contribution in [0.2, 0.25) is 5.32 Å². The molecule has 130 valence electrons. The van der Waals surface area contributed by atoms with Gasteiger partial charge in [0, 0.05) is 0 Å². The summed E-state index contributed by atoms with van der Waals surface area (Å²) in [5.74, 6) is 0. The molecule has 1 aromatic carbocycles. The van der Waals surface area contributed by atoms with Gasteiger partial charge in [-0.1, -0.05) is 0 Å². The van der Waals surface area contributed by atoms with Gasteiger partial charge in [0.05, 0.1) is 0 Å². The van der Waals surface area contributed by atoms with E-state index in [9.17, 15) is 13.9 Å². The third kappa shape index (κ3) is 8.38. The van der Waals surface area contributed by atoms with E-state index in [1.54, 1.807) is 18.2 Å². The number of nitro benzene ring substituents is 1. The first-order chi connectivity index (χ1) is 11.2. The molecule has 1 rings (SSSR count). The summed E-state index contributed by atoms with van der Waals surface area (Å²) in [6.45, 7) is 2.23. The van der Waals surface area contributed by atoms with Crippen LogP contribution >= 0.6 is 0 Å². The van der Waals surface area contributed by atoms with E-state index >= 15 is 0 Å². The van der Waals surface area contributed by atoms with E-state index in [0.717, 1.165) is 12.8 Å². The Labute approximate surface area is 143 Å². The predicted octanol–water partition coefficient (Wildman–Crippen LogP) is 5.14. The Balaban J connectivity index is 2.14. The van der Waals surface area contributed by atoms with Crippen LogP contribution in [0.15, 0.2) is 24.3 Å². The molecule has 0 fully saturated rings. The zero-order valence-electron chi connectivity index (χ0n) is 14.2. The molecular formula is C18H29NO3Se. The summed E-state index contributed by atoms with van der Waals surface area (Å²) in [6.07, 6.45) is 12.4. The SMILES string of the molecule is CCCCCCCCCCCC[Se](=O)c1ccccc1[N+](=O)[O-]. The molecule has 0 aliphatic rings. The monoisotopic (exact) mass is 387 g/mol. The molecule has 0 aliphatic carbocycles. The molecule has 1 unspecified atom stereocenters. The molecule has 0 aromatic heterocycles. The number of benzene rings is 1. The Kier molecular flexibility index (Phi) is 10.8. The molecule has 0 saturated heterocycles. The van der Waals surface area contributed by atoms with Gasteiger partial charge < -0.3 is 0 Å². The van der Waals surface area contributed by atoms with Gasteiger partial charge in [0.2, 0.25) is 0 Å². The minimum absolute atomic E-state index is 0.0135. The van der Waals surface area contributed by atoms with Crippen LogP contribution in [0.1, 0.15) is 71.1 Å². The maximum absolute atomic E-state index is 12.3. The van der Waals surface area contributed by atoms with Crippen LogP contribution in [0.4, 0.5) is 5.69 Å². The fraction of sp³-hybridized carbons (Fsp3) is 0.667. The number of nitrogens with zero attached hydrogens (tertiary/aromatic N) is 1. The summed E-state index contributed by atoms with van der Waals surface area (Å²) in [5.41, 5.74) is 0.0135. The van der Waals surface area contributed by atoms with Crippen molar-refractivity contribution in [1.29, 1.82) is 0 Å². The number of hydrogen-bond donors (Lipinski definition) is 0. The Morgan fingerprint density at radius 3 is 2.00 bits per heavy atom. The van der Waals surface area contributed by atoms with E-state index in [4.69, 9.17) is 0 Å². The zero-order chi connectivity index (χ0) is 16.9. The molecule has 1 atom stereocenters. The number of nitro groups is 1. The number of unbranched alkanes of at least 4 members (excludes halogenated alkanes) is 9. The van der Waals surface area contributed by atoms with Gasteiger partial charge in [-0.05, 0) is 0 Å². The molecule has 0 aliphatic heterocycles. The van der Waals surface area contributed by atoms with E-state index in [2.05, 4.69) is 6.92 Å². The van der Waals surface area contributed by atoms with Crippen LogP contribution in [-0.4, -0.2) is 18.8 Å². The van der Waals surface area contributed by atoms with Crippen LogP contribution in [0, 0.1) is 10.1 Å². The normalized spacial score (nSPS) is 12.2. The molecule has 0 radical (unpaired) electrons. The van der Waals surface area contributed by atoms with E-state index in [-0.39, 0.29) is 5.69 Å². The third-order valence-electron chi connectivity index (χ3n) is 3.99. The van der Waals surface area contributed by atoms with Crippen molar-refractivity contribution in [3.63, 3.8) is 0 Å². The molecule has 4 nitrogen and oxygen atoms in total. The number of rotatable bonds is 13. The fourth-order valence-corrected chi connectivity index (χ4v) is 5.34. The minimum atomic E-state index is -2.28. The van der Waals surface area contributed by atoms with Crippen molar-refractivity contribution in [1.82, 2.24) is 0 Å². The molecule has 1 aromatic rings. The molecular weight excluding hydrogens is 357 g/mol. The van der Waals surface area contributed by atoms with Crippen LogP contribution in [0.5, 0.6) is 0 Å². The van der Waals surface area contributed by atoms with Crippen LogP contribution in [-0.2, 0) is 3.83 Å². The van der Waals surface area contributed by atoms with E-state index in [0.29, 0.717) is 9.78 Å². The predicted molar refractivity (Wildman–Crippen MR) is 95.8 cm³/mol. The van der Waals surface area contributed by atoms with E-state index in [1.807, 2.05) is 0 Å². The summed E-state index contributed by atoms with van der Waals surface area (Å²) in [4.78, 5) is 10.5. The van der Waals surface area contributed by atoms with Crippen molar-refractivity contribution in [2.75, 3.05) is 0 Å². The van der Waals surface area contributed by atoms with Gasteiger partial charge in [0.15, 0.2) is 0 Å². The molecule has 5 heteroatoms. The average molecular weight is 386 g/mol. The first-order valence-electron chi connectivity index (χ1n) is 8.78. The van der Waals surface area contributed by atoms with Gasteiger partial charge in [0.25, 0.3) is 0 Å². The quantitative estimate of drug-likeness (QED) is 0.204. The maximum atomic E-state index is 12.3. The second-order valence-electron chi connectivity index (χ2n) is 5.96. The number of para-hydroxylation sites is 1. The Hall–Kier alpha value is -1.06. The molecule has 0 amide bonds. The third-order valence-corrected chi connectivity index (χ3v) is 7.13. The van der Waals surface area contributed by atoms with Crippen molar-refractivity contribution in [3.8, 4) is 0 Å². The summed E-state index contributed by atoms with van der Waals surface area (Å²) < 4.78 is 12.8. The van der Waals surface area contributed by atoms with Crippen LogP contribution < -0.4 is 4.46 Å². The van der Waals surface area contributed by atoms with Gasteiger partial charge in [-0.25, -0.2) is 0 Å². The van der Waals surface area contributed by atoms with Crippen molar-refractivity contribution < 1.29 is 8.76 Å². The van der Waals surface area contributed by atoms with Crippen molar-refractivity contribution in [2.24, 2.45) is 0 Å². The summed E-state index contributed by atoms with van der Waals surface area (Å²) >= 11 is -2.28. The van der Waals surface area contributed by atoms with Gasteiger partial charge in [-0.15, -0.1) is 0 Å². The second kappa shape index (κ2) is 12.4. The molecule has 23 heavy (non-hydrogen) atoms. The van der Waals surface area contributed by atoms with Crippen molar-refractivity contribution >= 4 is 24.0 Å². The molecule has 0 N–H and O–H groups in total. The Bertz CT molecular complexity index is 491. The fourth-order valence-electron chi connectivity index (χ4n) is 2.63. The van der Waals surface area contributed by atoms with Gasteiger partial charge >= 0.3 is 144 Å². The first kappa shape index (κ1) is 20.0. The van der Waals surface area contributed by atoms with Gasteiger partial charge in [-0.3, -0.25) is 0 Å². The first-order valence-corrected chi connectivity index (χ1v) is 11.5. The van der Waals surface area contributed by atoms with Gasteiger partial charge in [0.1, 0.15) is 0 Å². The van der Waals surface area contributed by atoms with Crippen LogP contribution in [0.3, 0.4) is 0 Å². The topological polar surface area (TPSA) is 60.2 Å². The molecule has 0 heterocycles. The Morgan fingerprint density at radius 2 is 1.43 bits per heavy atom. The summed E-state index contributed by atoms with van der Waals surface area (Å²) in [6, 6.07) is 6.45. The molecule has 0 bridgehead atoms. The van der Waals surface area contributed by atoms with E-state index < -0.39 is 18.8 Å². The standard InChI is InChI=1S/C18H29NO3Se/c1-2-3-4-5-6-7-8-9-10-13-16-23(22)18-15-12-11-14-17(18)19(20)21/h11-12,14-15H,2-10,13,16H2,1H3. The van der Waals surface area contributed by atoms with Crippen molar-refractivity contribution in [2.45, 2.75) is 76.5 Å².